The minimum atomic E-state index is -0.0822. The molecule has 1 aliphatic carbocycles. The van der Waals surface area contributed by atoms with Gasteiger partial charge in [0, 0.05) is 12.1 Å². The highest BCUT2D eigenvalue weighted by molar-refractivity contribution is 5.92. The van der Waals surface area contributed by atoms with Crippen molar-refractivity contribution < 1.29 is 19.0 Å². The zero-order chi connectivity index (χ0) is 14.5. The highest BCUT2D eigenvalue weighted by atomic mass is 16.5. The number of carbonyl (C=O) groups is 1. The van der Waals surface area contributed by atoms with Gasteiger partial charge in [0.05, 0.1) is 21.3 Å². The van der Waals surface area contributed by atoms with Gasteiger partial charge in [-0.2, -0.15) is 0 Å². The van der Waals surface area contributed by atoms with E-state index in [2.05, 4.69) is 5.32 Å². The van der Waals surface area contributed by atoms with E-state index >= 15 is 0 Å². The molecule has 0 bridgehead atoms. The topological polar surface area (TPSA) is 56.8 Å². The Morgan fingerprint density at radius 1 is 1.15 bits per heavy atom. The molecule has 1 aromatic rings. The van der Waals surface area contributed by atoms with E-state index in [1.54, 1.807) is 39.5 Å². The number of hydrogen-bond acceptors (Lipinski definition) is 4. The zero-order valence-corrected chi connectivity index (χ0v) is 11.9. The summed E-state index contributed by atoms with van der Waals surface area (Å²) in [7, 11) is 4.67. The number of rotatable bonds is 6. The Labute approximate surface area is 118 Å². The molecule has 1 aliphatic rings. The fourth-order valence-corrected chi connectivity index (χ4v) is 1.85. The van der Waals surface area contributed by atoms with Crippen molar-refractivity contribution in [2.75, 3.05) is 21.3 Å². The molecule has 0 radical (unpaired) electrons. The van der Waals surface area contributed by atoms with Crippen molar-refractivity contribution in [1.82, 2.24) is 5.32 Å². The quantitative estimate of drug-likeness (QED) is 0.808. The van der Waals surface area contributed by atoms with Crippen molar-refractivity contribution >= 4 is 12.0 Å². The first kappa shape index (κ1) is 14.2. The first-order valence-electron chi connectivity index (χ1n) is 6.46. The van der Waals surface area contributed by atoms with Crippen LogP contribution in [0.1, 0.15) is 18.4 Å². The van der Waals surface area contributed by atoms with Crippen molar-refractivity contribution in [1.29, 1.82) is 0 Å². The maximum atomic E-state index is 11.6. The second-order valence-corrected chi connectivity index (χ2v) is 4.57. The number of hydrogen-bond donors (Lipinski definition) is 1. The summed E-state index contributed by atoms with van der Waals surface area (Å²) in [5.74, 6) is 1.58. The molecule has 5 nitrogen and oxygen atoms in total. The van der Waals surface area contributed by atoms with Crippen molar-refractivity contribution in [2.24, 2.45) is 0 Å². The molecule has 0 spiro atoms. The lowest BCUT2D eigenvalue weighted by Crippen LogP contribution is -2.22. The first-order valence-corrected chi connectivity index (χ1v) is 6.46. The zero-order valence-electron chi connectivity index (χ0n) is 11.9. The molecule has 0 atom stereocenters. The lowest BCUT2D eigenvalue weighted by molar-refractivity contribution is -0.116. The van der Waals surface area contributed by atoms with Crippen molar-refractivity contribution in [2.45, 2.75) is 18.9 Å². The van der Waals surface area contributed by atoms with Gasteiger partial charge in [-0.1, -0.05) is 0 Å². The second-order valence-electron chi connectivity index (χ2n) is 4.57. The van der Waals surface area contributed by atoms with Crippen LogP contribution in [0.4, 0.5) is 0 Å². The number of methoxy groups -OCH3 is 3. The van der Waals surface area contributed by atoms with Crippen LogP contribution in [-0.4, -0.2) is 33.3 Å². The van der Waals surface area contributed by atoms with E-state index in [9.17, 15) is 4.79 Å². The van der Waals surface area contributed by atoms with Crippen molar-refractivity contribution in [3.63, 3.8) is 0 Å². The van der Waals surface area contributed by atoms with Crippen LogP contribution in [0.15, 0.2) is 18.2 Å². The number of benzene rings is 1. The predicted molar refractivity (Wildman–Crippen MR) is 76.3 cm³/mol. The molecule has 1 N–H and O–H groups in total. The molecule has 2 rings (SSSR count). The van der Waals surface area contributed by atoms with Crippen LogP contribution in [0.5, 0.6) is 17.2 Å². The van der Waals surface area contributed by atoms with Gasteiger partial charge in [0.25, 0.3) is 0 Å². The van der Waals surface area contributed by atoms with Gasteiger partial charge in [-0.25, -0.2) is 0 Å². The normalized spacial score (nSPS) is 14.2. The summed E-state index contributed by atoms with van der Waals surface area (Å²) >= 11 is 0. The van der Waals surface area contributed by atoms with E-state index in [0.29, 0.717) is 23.3 Å². The molecule has 1 fully saturated rings. The van der Waals surface area contributed by atoms with Crippen LogP contribution in [-0.2, 0) is 4.79 Å². The SMILES string of the molecule is COc1cc(/C=C/C(=O)NC2CC2)cc(OC)c1OC. The molecule has 1 saturated carbocycles. The fraction of sp³-hybridized carbons (Fsp3) is 0.400. The molecule has 5 heteroatoms. The van der Waals surface area contributed by atoms with Crippen LogP contribution in [0.25, 0.3) is 6.08 Å². The number of ether oxygens (including phenoxy) is 3. The van der Waals surface area contributed by atoms with E-state index in [1.807, 2.05) is 0 Å². The summed E-state index contributed by atoms with van der Waals surface area (Å²) < 4.78 is 15.8. The Morgan fingerprint density at radius 2 is 1.75 bits per heavy atom. The summed E-state index contributed by atoms with van der Waals surface area (Å²) in [6.45, 7) is 0. The smallest absolute Gasteiger partial charge is 0.244 e. The van der Waals surface area contributed by atoms with E-state index < -0.39 is 0 Å². The van der Waals surface area contributed by atoms with Gasteiger partial charge in [-0.15, -0.1) is 0 Å². The molecule has 20 heavy (non-hydrogen) atoms. The summed E-state index contributed by atoms with van der Waals surface area (Å²) in [5, 5.41) is 2.89. The summed E-state index contributed by atoms with van der Waals surface area (Å²) in [6.07, 6.45) is 5.38. The molecular formula is C15H19NO4. The molecule has 0 aliphatic heterocycles. The van der Waals surface area contributed by atoms with E-state index in [0.717, 1.165) is 18.4 Å². The Hall–Kier alpha value is -2.17. The van der Waals surface area contributed by atoms with E-state index in [4.69, 9.17) is 14.2 Å². The minimum Gasteiger partial charge on any atom is -0.493 e. The van der Waals surface area contributed by atoms with E-state index in [1.165, 1.54) is 6.08 Å². The highest BCUT2D eigenvalue weighted by Gasteiger charge is 2.22. The lowest BCUT2D eigenvalue weighted by Gasteiger charge is -2.12. The Bertz CT molecular complexity index is 496. The van der Waals surface area contributed by atoms with Gasteiger partial charge in [-0.05, 0) is 36.6 Å². The van der Waals surface area contributed by atoms with Gasteiger partial charge >= 0.3 is 0 Å². The summed E-state index contributed by atoms with van der Waals surface area (Å²) in [6, 6.07) is 3.94. The first-order chi connectivity index (χ1) is 9.67. The standard InChI is InChI=1S/C15H19NO4/c1-18-12-8-10(9-13(19-2)15(12)20-3)4-7-14(17)16-11-5-6-11/h4,7-9,11H,5-6H2,1-3H3,(H,16,17)/b7-4+. The lowest BCUT2D eigenvalue weighted by atomic mass is 10.1. The summed E-state index contributed by atoms with van der Waals surface area (Å²) in [4.78, 5) is 11.6. The Balaban J connectivity index is 2.18. The van der Waals surface area contributed by atoms with Gasteiger partial charge < -0.3 is 19.5 Å². The van der Waals surface area contributed by atoms with Crippen LogP contribution in [0.3, 0.4) is 0 Å². The maximum Gasteiger partial charge on any atom is 0.244 e. The van der Waals surface area contributed by atoms with Gasteiger partial charge in [0.15, 0.2) is 11.5 Å². The van der Waals surface area contributed by atoms with Crippen LogP contribution in [0, 0.1) is 0 Å². The molecule has 0 unspecified atom stereocenters. The molecule has 1 amide bonds. The average molecular weight is 277 g/mol. The third-order valence-electron chi connectivity index (χ3n) is 3.04. The minimum absolute atomic E-state index is 0.0822. The van der Waals surface area contributed by atoms with Crippen molar-refractivity contribution in [3.05, 3.63) is 23.8 Å². The molecule has 1 aromatic carbocycles. The molecule has 0 saturated heterocycles. The third kappa shape index (κ3) is 3.44. The fourth-order valence-electron chi connectivity index (χ4n) is 1.85. The maximum absolute atomic E-state index is 11.6. The van der Waals surface area contributed by atoms with E-state index in [-0.39, 0.29) is 5.91 Å². The van der Waals surface area contributed by atoms with Gasteiger partial charge in [0.1, 0.15) is 0 Å². The summed E-state index contributed by atoms with van der Waals surface area (Å²) in [5.41, 5.74) is 0.811. The molecule has 0 heterocycles. The monoisotopic (exact) mass is 277 g/mol. The van der Waals surface area contributed by atoms with Gasteiger partial charge in [0.2, 0.25) is 11.7 Å². The average Bonchev–Trinajstić information content (AvgIpc) is 3.27. The van der Waals surface area contributed by atoms with Crippen LogP contribution < -0.4 is 19.5 Å². The molecule has 108 valence electrons. The molecule has 0 aromatic heterocycles. The van der Waals surface area contributed by atoms with Crippen molar-refractivity contribution in [3.8, 4) is 17.2 Å². The number of nitrogens with one attached hydrogen (secondary N) is 1. The van der Waals surface area contributed by atoms with Gasteiger partial charge in [-0.3, -0.25) is 4.79 Å². The number of carbonyl (C=O) groups excluding carboxylic acids is 1. The predicted octanol–water partition coefficient (Wildman–Crippen LogP) is 2.00. The van der Waals surface area contributed by atoms with Crippen LogP contribution in [0.2, 0.25) is 0 Å². The third-order valence-corrected chi connectivity index (χ3v) is 3.04. The largest absolute Gasteiger partial charge is 0.493 e. The highest BCUT2D eigenvalue weighted by Crippen LogP contribution is 2.38. The number of amides is 1. The Morgan fingerprint density at radius 3 is 2.20 bits per heavy atom. The van der Waals surface area contributed by atoms with Crippen LogP contribution >= 0.6 is 0 Å². The molecular weight excluding hydrogens is 258 g/mol. The Kier molecular flexibility index (Phi) is 4.50. The second kappa shape index (κ2) is 6.32.